The summed E-state index contributed by atoms with van der Waals surface area (Å²) in [7, 11) is 0. The zero-order chi connectivity index (χ0) is 13.3. The monoisotopic (exact) mass is 267 g/mol. The third kappa shape index (κ3) is 2.37. The Bertz CT molecular complexity index is 584. The molecule has 1 nitrogen and oxygen atoms in total. The second-order valence-corrected chi connectivity index (χ2v) is 4.53. The molecule has 4 heteroatoms. The molecule has 0 saturated carbocycles. The van der Waals surface area contributed by atoms with Crippen LogP contribution in [-0.4, -0.2) is 0 Å². The summed E-state index contributed by atoms with van der Waals surface area (Å²) >= 11 is 6.02. The minimum atomic E-state index is -0.710. The van der Waals surface area contributed by atoms with E-state index in [2.05, 4.69) is 0 Å². The maximum absolute atomic E-state index is 13.7. The van der Waals surface area contributed by atoms with Crippen LogP contribution < -0.4 is 5.73 Å². The van der Waals surface area contributed by atoms with Gasteiger partial charge in [0.05, 0.1) is 6.04 Å². The van der Waals surface area contributed by atoms with Crippen LogP contribution in [0.3, 0.4) is 0 Å². The van der Waals surface area contributed by atoms with Gasteiger partial charge in [-0.3, -0.25) is 0 Å². The van der Waals surface area contributed by atoms with E-state index in [1.54, 1.807) is 31.2 Å². The Balaban J connectivity index is 2.50. The van der Waals surface area contributed by atoms with Crippen molar-refractivity contribution in [1.29, 1.82) is 0 Å². The lowest BCUT2D eigenvalue weighted by Gasteiger charge is -2.15. The molecule has 94 valence electrons. The largest absolute Gasteiger partial charge is 0.320 e. The third-order valence-corrected chi connectivity index (χ3v) is 3.20. The van der Waals surface area contributed by atoms with Gasteiger partial charge in [0.25, 0.3) is 0 Å². The van der Waals surface area contributed by atoms with Crippen molar-refractivity contribution in [3.63, 3.8) is 0 Å². The average molecular weight is 268 g/mol. The van der Waals surface area contributed by atoms with Crippen LogP contribution >= 0.6 is 11.6 Å². The number of halogens is 3. The highest BCUT2D eigenvalue weighted by Gasteiger charge is 2.17. The summed E-state index contributed by atoms with van der Waals surface area (Å²) in [6.07, 6.45) is 0. The van der Waals surface area contributed by atoms with Gasteiger partial charge in [0.2, 0.25) is 0 Å². The van der Waals surface area contributed by atoms with E-state index in [1.165, 1.54) is 6.07 Å². The van der Waals surface area contributed by atoms with Gasteiger partial charge in [-0.1, -0.05) is 29.8 Å². The van der Waals surface area contributed by atoms with E-state index in [1.807, 2.05) is 0 Å². The molecule has 0 heterocycles. The van der Waals surface area contributed by atoms with Crippen LogP contribution in [0.15, 0.2) is 36.4 Å². The third-order valence-electron chi connectivity index (χ3n) is 2.85. The van der Waals surface area contributed by atoms with Gasteiger partial charge in [-0.05, 0) is 30.2 Å². The molecule has 2 N–H and O–H groups in total. The van der Waals surface area contributed by atoms with E-state index in [0.29, 0.717) is 16.1 Å². The highest BCUT2D eigenvalue weighted by atomic mass is 35.5. The molecule has 1 unspecified atom stereocenters. The van der Waals surface area contributed by atoms with E-state index >= 15 is 0 Å². The van der Waals surface area contributed by atoms with E-state index < -0.39 is 17.7 Å². The fourth-order valence-corrected chi connectivity index (χ4v) is 2.07. The van der Waals surface area contributed by atoms with Crippen LogP contribution in [0.2, 0.25) is 5.02 Å². The maximum atomic E-state index is 13.7. The maximum Gasteiger partial charge on any atom is 0.131 e. The summed E-state index contributed by atoms with van der Waals surface area (Å²) in [5.74, 6) is -1.24. The zero-order valence-electron chi connectivity index (χ0n) is 9.75. The molecule has 0 bridgehead atoms. The molecular weight excluding hydrogens is 256 g/mol. The average Bonchev–Trinajstić information content (AvgIpc) is 2.33. The first-order valence-electron chi connectivity index (χ1n) is 5.46. The summed E-state index contributed by atoms with van der Waals surface area (Å²) in [6.45, 7) is 1.57. The van der Waals surface area contributed by atoms with Gasteiger partial charge in [0.15, 0.2) is 0 Å². The molecule has 0 saturated heterocycles. The number of hydrogen-bond donors (Lipinski definition) is 1. The molecule has 0 aromatic heterocycles. The number of benzene rings is 2. The van der Waals surface area contributed by atoms with Crippen molar-refractivity contribution in [3.8, 4) is 0 Å². The van der Waals surface area contributed by atoms with E-state index in [-0.39, 0.29) is 5.56 Å². The highest BCUT2D eigenvalue weighted by molar-refractivity contribution is 6.31. The van der Waals surface area contributed by atoms with Crippen molar-refractivity contribution < 1.29 is 8.78 Å². The molecule has 0 aliphatic rings. The molecule has 2 aromatic carbocycles. The summed E-state index contributed by atoms with van der Waals surface area (Å²) in [5, 5.41) is 0.464. The lowest BCUT2D eigenvalue weighted by Crippen LogP contribution is -2.14. The summed E-state index contributed by atoms with van der Waals surface area (Å²) in [6, 6.07) is 8.51. The van der Waals surface area contributed by atoms with Crippen LogP contribution in [0, 0.1) is 18.6 Å². The Kier molecular flexibility index (Phi) is 3.64. The highest BCUT2D eigenvalue weighted by Crippen LogP contribution is 2.28. The Morgan fingerprint density at radius 1 is 1.06 bits per heavy atom. The first-order chi connectivity index (χ1) is 8.50. The molecule has 18 heavy (non-hydrogen) atoms. The van der Waals surface area contributed by atoms with Gasteiger partial charge in [-0.15, -0.1) is 0 Å². The minimum Gasteiger partial charge on any atom is -0.320 e. The van der Waals surface area contributed by atoms with Crippen LogP contribution in [0.4, 0.5) is 8.78 Å². The van der Waals surface area contributed by atoms with Gasteiger partial charge in [-0.25, -0.2) is 8.78 Å². The van der Waals surface area contributed by atoms with E-state index in [0.717, 1.165) is 6.07 Å². The molecular formula is C14H12ClF2N. The second-order valence-electron chi connectivity index (χ2n) is 4.12. The van der Waals surface area contributed by atoms with Crippen molar-refractivity contribution in [2.75, 3.05) is 0 Å². The molecule has 0 spiro atoms. The van der Waals surface area contributed by atoms with Crippen LogP contribution in [0.25, 0.3) is 0 Å². The van der Waals surface area contributed by atoms with Gasteiger partial charge < -0.3 is 5.73 Å². The van der Waals surface area contributed by atoms with Crippen molar-refractivity contribution in [3.05, 3.63) is 69.7 Å². The predicted octanol–water partition coefficient (Wildman–Crippen LogP) is 3.97. The standard InChI is InChI=1S/C14H12ClF2N/c1-8-6-10(13(17)7-12(8)16)14(18)9-4-2-3-5-11(9)15/h2-7,14H,18H2,1H3. The van der Waals surface area contributed by atoms with Crippen LogP contribution in [0.5, 0.6) is 0 Å². The molecule has 0 aliphatic carbocycles. The zero-order valence-corrected chi connectivity index (χ0v) is 10.5. The smallest absolute Gasteiger partial charge is 0.131 e. The molecule has 2 rings (SSSR count). The van der Waals surface area contributed by atoms with E-state index in [4.69, 9.17) is 17.3 Å². The lowest BCUT2D eigenvalue weighted by atomic mass is 9.97. The Morgan fingerprint density at radius 3 is 2.39 bits per heavy atom. The fourth-order valence-electron chi connectivity index (χ4n) is 1.81. The van der Waals surface area contributed by atoms with Gasteiger partial charge in [0.1, 0.15) is 11.6 Å². The fraction of sp³-hybridized carbons (Fsp3) is 0.143. The molecule has 0 radical (unpaired) electrons. The van der Waals surface area contributed by atoms with Gasteiger partial charge in [-0.2, -0.15) is 0 Å². The number of hydrogen-bond acceptors (Lipinski definition) is 1. The number of aryl methyl sites for hydroxylation is 1. The summed E-state index contributed by atoms with van der Waals surface area (Å²) in [4.78, 5) is 0. The Labute approximate surface area is 109 Å². The van der Waals surface area contributed by atoms with Crippen LogP contribution in [0.1, 0.15) is 22.7 Å². The predicted molar refractivity (Wildman–Crippen MR) is 68.6 cm³/mol. The Hall–Kier alpha value is -1.45. The topological polar surface area (TPSA) is 26.0 Å². The van der Waals surface area contributed by atoms with Gasteiger partial charge >= 0.3 is 0 Å². The summed E-state index contributed by atoms with van der Waals surface area (Å²) in [5.41, 5.74) is 7.20. The molecule has 0 fully saturated rings. The lowest BCUT2D eigenvalue weighted by molar-refractivity contribution is 0.561. The molecule has 0 amide bonds. The van der Waals surface area contributed by atoms with Gasteiger partial charge in [0, 0.05) is 16.7 Å². The molecule has 2 aromatic rings. The molecule has 1 atom stereocenters. The van der Waals surface area contributed by atoms with Crippen molar-refractivity contribution >= 4 is 11.6 Å². The van der Waals surface area contributed by atoms with Crippen molar-refractivity contribution in [2.24, 2.45) is 5.73 Å². The van der Waals surface area contributed by atoms with Crippen molar-refractivity contribution in [1.82, 2.24) is 0 Å². The first kappa shape index (κ1) is 13.0. The molecule has 0 aliphatic heterocycles. The first-order valence-corrected chi connectivity index (χ1v) is 5.84. The van der Waals surface area contributed by atoms with E-state index in [9.17, 15) is 8.78 Å². The van der Waals surface area contributed by atoms with Crippen LogP contribution in [-0.2, 0) is 0 Å². The van der Waals surface area contributed by atoms with Crippen molar-refractivity contribution in [2.45, 2.75) is 13.0 Å². The number of rotatable bonds is 2. The normalized spacial score (nSPS) is 12.5. The number of nitrogens with two attached hydrogens (primary N) is 1. The second kappa shape index (κ2) is 5.04. The summed E-state index contributed by atoms with van der Waals surface area (Å²) < 4.78 is 26.9. The minimum absolute atomic E-state index is 0.238. The SMILES string of the molecule is Cc1cc(C(N)c2ccccc2Cl)c(F)cc1F. The quantitative estimate of drug-likeness (QED) is 0.875. The Morgan fingerprint density at radius 2 is 1.72 bits per heavy atom.